The highest BCUT2D eigenvalue weighted by atomic mass is 35.5. The quantitative estimate of drug-likeness (QED) is 0.639. The lowest BCUT2D eigenvalue weighted by Gasteiger charge is -2.39. The van der Waals surface area contributed by atoms with Gasteiger partial charge in [-0.15, -0.1) is 0 Å². The average molecular weight is 384 g/mol. The van der Waals surface area contributed by atoms with E-state index >= 15 is 0 Å². The van der Waals surface area contributed by atoms with E-state index in [2.05, 4.69) is 52.5 Å². The molecule has 0 spiro atoms. The topological polar surface area (TPSA) is 41.3 Å². The van der Waals surface area contributed by atoms with Gasteiger partial charge in [0.05, 0.1) is 16.8 Å². The minimum absolute atomic E-state index is 0.693. The molecule has 1 fully saturated rings. The zero-order chi connectivity index (χ0) is 18.7. The standard InChI is InChI=1S/C22H26ClN3O/c23-19-16-24-26(17-19)13-4-3-12-25-14-10-22(27,11-15-25)21-9-5-7-18-6-1-2-8-20(18)21/h1-2,5-9,16-17,27H,3-4,10-15H2. The van der Waals surface area contributed by atoms with E-state index in [9.17, 15) is 5.11 Å². The van der Waals surface area contributed by atoms with Gasteiger partial charge in [-0.3, -0.25) is 4.68 Å². The first kappa shape index (κ1) is 18.5. The molecule has 2 aromatic carbocycles. The zero-order valence-electron chi connectivity index (χ0n) is 15.5. The maximum absolute atomic E-state index is 11.3. The van der Waals surface area contributed by atoms with Gasteiger partial charge in [0.15, 0.2) is 0 Å². The molecule has 0 atom stereocenters. The summed E-state index contributed by atoms with van der Waals surface area (Å²) in [6, 6.07) is 14.6. The number of piperidine rings is 1. The molecule has 1 saturated heterocycles. The van der Waals surface area contributed by atoms with Gasteiger partial charge in [0.1, 0.15) is 0 Å². The van der Waals surface area contributed by atoms with Crippen LogP contribution in [0.2, 0.25) is 5.02 Å². The fraction of sp³-hybridized carbons (Fsp3) is 0.409. The van der Waals surface area contributed by atoms with E-state index in [1.807, 2.05) is 10.9 Å². The third kappa shape index (κ3) is 4.18. The third-order valence-corrected chi connectivity index (χ3v) is 5.88. The second-order valence-electron chi connectivity index (χ2n) is 7.53. The summed E-state index contributed by atoms with van der Waals surface area (Å²) >= 11 is 5.89. The maximum atomic E-state index is 11.3. The van der Waals surface area contributed by atoms with Gasteiger partial charge in [-0.1, -0.05) is 54.1 Å². The van der Waals surface area contributed by atoms with Crippen LogP contribution < -0.4 is 0 Å². The van der Waals surface area contributed by atoms with E-state index in [1.54, 1.807) is 6.20 Å². The van der Waals surface area contributed by atoms with Crippen LogP contribution in [0.3, 0.4) is 0 Å². The SMILES string of the molecule is OC1(c2cccc3ccccc23)CCN(CCCCn2cc(Cl)cn2)CC1. The molecule has 0 radical (unpaired) electrons. The highest BCUT2D eigenvalue weighted by Gasteiger charge is 2.34. The molecule has 0 aliphatic carbocycles. The van der Waals surface area contributed by atoms with Crippen molar-refractivity contribution < 1.29 is 5.11 Å². The predicted octanol–water partition coefficient (Wildman–Crippen LogP) is 4.45. The Hall–Kier alpha value is -1.88. The minimum Gasteiger partial charge on any atom is -0.385 e. The van der Waals surface area contributed by atoms with Crippen LogP contribution in [0.1, 0.15) is 31.2 Å². The van der Waals surface area contributed by atoms with Gasteiger partial charge in [0.2, 0.25) is 0 Å². The van der Waals surface area contributed by atoms with Gasteiger partial charge in [-0.25, -0.2) is 0 Å². The Morgan fingerprint density at radius 3 is 2.52 bits per heavy atom. The average Bonchev–Trinajstić information content (AvgIpc) is 3.11. The summed E-state index contributed by atoms with van der Waals surface area (Å²) in [5, 5.41) is 18.6. The summed E-state index contributed by atoms with van der Waals surface area (Å²) in [5.41, 5.74) is 0.360. The van der Waals surface area contributed by atoms with Crippen molar-refractivity contribution in [2.45, 2.75) is 37.8 Å². The van der Waals surface area contributed by atoms with Crippen LogP contribution in [0.25, 0.3) is 10.8 Å². The Labute approximate surface area is 165 Å². The number of aliphatic hydroxyl groups is 1. The monoisotopic (exact) mass is 383 g/mol. The summed E-state index contributed by atoms with van der Waals surface area (Å²) in [5.74, 6) is 0. The summed E-state index contributed by atoms with van der Waals surface area (Å²) in [7, 11) is 0. The van der Waals surface area contributed by atoms with Crippen LogP contribution in [-0.4, -0.2) is 39.4 Å². The van der Waals surface area contributed by atoms with Gasteiger partial charge < -0.3 is 10.0 Å². The van der Waals surface area contributed by atoms with E-state index in [0.717, 1.165) is 57.4 Å². The molecule has 0 unspecified atom stereocenters. The first-order chi connectivity index (χ1) is 13.1. The second kappa shape index (κ2) is 8.01. The Bertz CT molecular complexity index is 894. The van der Waals surface area contributed by atoms with E-state index in [1.165, 1.54) is 10.8 Å². The molecule has 1 aliphatic heterocycles. The van der Waals surface area contributed by atoms with Crippen molar-refractivity contribution in [2.24, 2.45) is 0 Å². The van der Waals surface area contributed by atoms with E-state index in [4.69, 9.17) is 11.6 Å². The molecule has 0 saturated carbocycles. The van der Waals surface area contributed by atoms with Gasteiger partial charge >= 0.3 is 0 Å². The smallest absolute Gasteiger partial charge is 0.0926 e. The molecular weight excluding hydrogens is 358 g/mol. The third-order valence-electron chi connectivity index (χ3n) is 5.69. The highest BCUT2D eigenvalue weighted by Crippen LogP contribution is 2.36. The first-order valence-electron chi connectivity index (χ1n) is 9.75. The molecule has 2 heterocycles. The van der Waals surface area contributed by atoms with Crippen molar-refractivity contribution in [2.75, 3.05) is 19.6 Å². The van der Waals surface area contributed by atoms with Crippen LogP contribution in [-0.2, 0) is 12.1 Å². The van der Waals surface area contributed by atoms with Crippen LogP contribution in [0.4, 0.5) is 0 Å². The number of unbranched alkanes of at least 4 members (excludes halogenated alkanes) is 1. The Morgan fingerprint density at radius 1 is 1.00 bits per heavy atom. The van der Waals surface area contributed by atoms with Crippen molar-refractivity contribution >= 4 is 22.4 Å². The lowest BCUT2D eigenvalue weighted by molar-refractivity contribution is -0.0249. The number of aryl methyl sites for hydroxylation is 1. The molecule has 0 amide bonds. The van der Waals surface area contributed by atoms with Crippen LogP contribution in [0.15, 0.2) is 54.9 Å². The Balaban J connectivity index is 1.31. The molecule has 1 aliphatic rings. The van der Waals surface area contributed by atoms with Crippen molar-refractivity contribution in [3.63, 3.8) is 0 Å². The van der Waals surface area contributed by atoms with Gasteiger partial charge in [-0.05, 0) is 48.6 Å². The van der Waals surface area contributed by atoms with Crippen molar-refractivity contribution in [1.82, 2.24) is 14.7 Å². The number of likely N-dealkylation sites (tertiary alicyclic amines) is 1. The van der Waals surface area contributed by atoms with Gasteiger partial charge in [0, 0.05) is 25.8 Å². The first-order valence-corrected chi connectivity index (χ1v) is 10.1. The largest absolute Gasteiger partial charge is 0.385 e. The number of benzene rings is 2. The molecule has 0 bridgehead atoms. The van der Waals surface area contributed by atoms with E-state index in [-0.39, 0.29) is 0 Å². The normalized spacial score (nSPS) is 17.4. The van der Waals surface area contributed by atoms with E-state index < -0.39 is 5.60 Å². The summed E-state index contributed by atoms with van der Waals surface area (Å²) < 4.78 is 1.90. The minimum atomic E-state index is -0.719. The lowest BCUT2D eigenvalue weighted by atomic mass is 9.82. The van der Waals surface area contributed by atoms with Crippen molar-refractivity contribution in [3.05, 3.63) is 65.4 Å². The van der Waals surface area contributed by atoms with Crippen LogP contribution in [0.5, 0.6) is 0 Å². The number of rotatable bonds is 6. The molecule has 142 valence electrons. The molecule has 4 nitrogen and oxygen atoms in total. The summed E-state index contributed by atoms with van der Waals surface area (Å²) in [4.78, 5) is 2.47. The Kier molecular flexibility index (Phi) is 5.48. The van der Waals surface area contributed by atoms with Crippen molar-refractivity contribution in [1.29, 1.82) is 0 Å². The molecular formula is C22H26ClN3O. The molecule has 27 heavy (non-hydrogen) atoms. The number of halogens is 1. The number of fused-ring (bicyclic) bond motifs is 1. The Morgan fingerprint density at radius 2 is 1.74 bits per heavy atom. The molecule has 3 aromatic rings. The summed E-state index contributed by atoms with van der Waals surface area (Å²) in [6.07, 6.45) is 7.34. The number of hydrogen-bond donors (Lipinski definition) is 1. The fourth-order valence-electron chi connectivity index (χ4n) is 4.12. The second-order valence-corrected chi connectivity index (χ2v) is 7.97. The van der Waals surface area contributed by atoms with Crippen LogP contribution >= 0.6 is 11.6 Å². The van der Waals surface area contributed by atoms with Crippen LogP contribution in [0, 0.1) is 0 Å². The molecule has 4 rings (SSSR count). The lowest BCUT2D eigenvalue weighted by Crippen LogP contribution is -2.43. The molecule has 1 aromatic heterocycles. The summed E-state index contributed by atoms with van der Waals surface area (Å²) in [6.45, 7) is 3.85. The number of aromatic nitrogens is 2. The van der Waals surface area contributed by atoms with Gasteiger partial charge in [-0.2, -0.15) is 5.10 Å². The number of hydrogen-bond acceptors (Lipinski definition) is 3. The fourth-order valence-corrected chi connectivity index (χ4v) is 4.27. The molecule has 1 N–H and O–H groups in total. The van der Waals surface area contributed by atoms with Crippen molar-refractivity contribution in [3.8, 4) is 0 Å². The highest BCUT2D eigenvalue weighted by molar-refractivity contribution is 6.30. The number of nitrogens with zero attached hydrogens (tertiary/aromatic N) is 3. The van der Waals surface area contributed by atoms with Gasteiger partial charge in [0.25, 0.3) is 0 Å². The van der Waals surface area contributed by atoms with E-state index in [0.29, 0.717) is 5.02 Å². The predicted molar refractivity (Wildman–Crippen MR) is 110 cm³/mol. The zero-order valence-corrected chi connectivity index (χ0v) is 16.3. The molecule has 5 heteroatoms. The maximum Gasteiger partial charge on any atom is 0.0926 e.